The molecule has 35 heavy (non-hydrogen) atoms. The van der Waals surface area contributed by atoms with E-state index in [-0.39, 0.29) is 0 Å². The van der Waals surface area contributed by atoms with Crippen molar-refractivity contribution in [1.29, 1.82) is 0 Å². The summed E-state index contributed by atoms with van der Waals surface area (Å²) in [6.45, 7) is 7.71. The Morgan fingerprint density at radius 2 is 1.11 bits per heavy atom. The molecule has 0 aliphatic carbocycles. The maximum atomic E-state index is 3.61. The number of aryl methyl sites for hydroxylation is 3. The minimum absolute atomic E-state index is 1.05. The molecule has 0 aliphatic heterocycles. The first-order valence-corrected chi connectivity index (χ1v) is 14.1. The standard InChI is InChI=1S/C32H31Br2N/c1-4-5-6-7-16-35-31-19-23(27-14-10-25(33)17-21(27)2)8-12-29(31)30-13-9-24(20-32(30)35)28-15-11-26(34)18-22(28)3/h8-15,17-20H,4-7,16H2,1-3H3. The van der Waals surface area contributed by atoms with Gasteiger partial charge in [-0.2, -0.15) is 0 Å². The molecule has 4 aromatic carbocycles. The van der Waals surface area contributed by atoms with Crippen LogP contribution >= 0.6 is 31.9 Å². The zero-order chi connectivity index (χ0) is 24.5. The zero-order valence-electron chi connectivity index (χ0n) is 20.7. The van der Waals surface area contributed by atoms with Crippen molar-refractivity contribution in [3.63, 3.8) is 0 Å². The van der Waals surface area contributed by atoms with Crippen molar-refractivity contribution in [3.05, 3.63) is 92.9 Å². The second kappa shape index (κ2) is 10.3. The van der Waals surface area contributed by atoms with E-state index in [9.17, 15) is 0 Å². The number of halogens is 2. The number of hydrogen-bond donors (Lipinski definition) is 0. The molecule has 0 spiro atoms. The Hall–Kier alpha value is -2.36. The number of rotatable bonds is 7. The highest BCUT2D eigenvalue weighted by Crippen LogP contribution is 2.37. The highest BCUT2D eigenvalue weighted by molar-refractivity contribution is 9.10. The van der Waals surface area contributed by atoms with Gasteiger partial charge in [-0.15, -0.1) is 0 Å². The minimum atomic E-state index is 1.05. The maximum Gasteiger partial charge on any atom is 0.0497 e. The molecule has 5 aromatic rings. The van der Waals surface area contributed by atoms with Gasteiger partial charge in [0.1, 0.15) is 0 Å². The summed E-state index contributed by atoms with van der Waals surface area (Å²) >= 11 is 7.23. The Labute approximate surface area is 225 Å². The fourth-order valence-electron chi connectivity index (χ4n) is 5.27. The van der Waals surface area contributed by atoms with Crippen LogP contribution in [0.4, 0.5) is 0 Å². The molecule has 0 bridgehead atoms. The van der Waals surface area contributed by atoms with E-state index < -0.39 is 0 Å². The van der Waals surface area contributed by atoms with Gasteiger partial charge in [0.2, 0.25) is 0 Å². The van der Waals surface area contributed by atoms with Crippen molar-refractivity contribution in [1.82, 2.24) is 4.57 Å². The van der Waals surface area contributed by atoms with E-state index in [2.05, 4.69) is 130 Å². The van der Waals surface area contributed by atoms with Crippen molar-refractivity contribution in [2.45, 2.75) is 53.0 Å². The summed E-state index contributed by atoms with van der Waals surface area (Å²) in [5.41, 5.74) is 10.4. The highest BCUT2D eigenvalue weighted by atomic mass is 79.9. The molecule has 1 heterocycles. The van der Waals surface area contributed by atoms with E-state index in [1.807, 2.05) is 0 Å². The van der Waals surface area contributed by atoms with Gasteiger partial charge in [0.15, 0.2) is 0 Å². The van der Waals surface area contributed by atoms with Crippen LogP contribution < -0.4 is 0 Å². The van der Waals surface area contributed by atoms with E-state index >= 15 is 0 Å². The first-order valence-electron chi connectivity index (χ1n) is 12.6. The van der Waals surface area contributed by atoms with Gasteiger partial charge in [-0.25, -0.2) is 0 Å². The lowest BCUT2D eigenvalue weighted by atomic mass is 9.98. The van der Waals surface area contributed by atoms with Crippen LogP contribution in [-0.2, 0) is 6.54 Å². The SMILES string of the molecule is CCCCCCn1c2cc(-c3ccc(Br)cc3C)ccc2c2ccc(-c3ccc(Br)cc3C)cc21. The van der Waals surface area contributed by atoms with Crippen LogP contribution in [0.5, 0.6) is 0 Å². The predicted molar refractivity (Wildman–Crippen MR) is 159 cm³/mol. The largest absolute Gasteiger partial charge is 0.340 e. The number of nitrogens with zero attached hydrogens (tertiary/aromatic N) is 1. The van der Waals surface area contributed by atoms with E-state index in [0.29, 0.717) is 0 Å². The number of hydrogen-bond acceptors (Lipinski definition) is 0. The zero-order valence-corrected chi connectivity index (χ0v) is 23.8. The third kappa shape index (κ3) is 4.86. The summed E-state index contributed by atoms with van der Waals surface area (Å²) in [4.78, 5) is 0. The fourth-order valence-corrected chi connectivity index (χ4v) is 6.22. The average Bonchev–Trinajstić information content (AvgIpc) is 3.14. The summed E-state index contributed by atoms with van der Waals surface area (Å²) in [7, 11) is 0. The van der Waals surface area contributed by atoms with Crippen LogP contribution in [0.1, 0.15) is 43.7 Å². The Bertz CT molecular complexity index is 1420. The van der Waals surface area contributed by atoms with Crippen LogP contribution in [0.3, 0.4) is 0 Å². The lowest BCUT2D eigenvalue weighted by molar-refractivity contribution is 0.602. The van der Waals surface area contributed by atoms with Gasteiger partial charge < -0.3 is 4.57 Å². The second-order valence-electron chi connectivity index (χ2n) is 9.59. The maximum absolute atomic E-state index is 3.61. The monoisotopic (exact) mass is 587 g/mol. The molecule has 0 saturated carbocycles. The van der Waals surface area contributed by atoms with Crippen LogP contribution in [0.25, 0.3) is 44.1 Å². The van der Waals surface area contributed by atoms with E-state index in [0.717, 1.165) is 15.5 Å². The van der Waals surface area contributed by atoms with Crippen molar-refractivity contribution >= 4 is 53.7 Å². The Morgan fingerprint density at radius 1 is 0.600 bits per heavy atom. The summed E-state index contributed by atoms with van der Waals surface area (Å²) in [5.74, 6) is 0. The van der Waals surface area contributed by atoms with Crippen LogP contribution in [0, 0.1) is 13.8 Å². The molecule has 0 N–H and O–H groups in total. The number of benzene rings is 4. The molecule has 0 saturated heterocycles. The fraction of sp³-hybridized carbons (Fsp3) is 0.250. The molecule has 1 nitrogen and oxygen atoms in total. The number of unbranched alkanes of at least 4 members (excludes halogenated alkanes) is 3. The van der Waals surface area contributed by atoms with Gasteiger partial charge in [0.05, 0.1) is 0 Å². The quantitative estimate of drug-likeness (QED) is 0.167. The molecule has 0 aliphatic rings. The summed E-state index contributed by atoms with van der Waals surface area (Å²) in [6.07, 6.45) is 5.03. The Morgan fingerprint density at radius 3 is 1.57 bits per heavy atom. The molecular weight excluding hydrogens is 558 g/mol. The summed E-state index contributed by atoms with van der Waals surface area (Å²) in [5, 5.41) is 2.68. The molecule has 1 aromatic heterocycles. The van der Waals surface area contributed by atoms with Crippen molar-refractivity contribution in [2.75, 3.05) is 0 Å². The predicted octanol–water partition coefficient (Wildman–Crippen LogP) is 10.9. The molecular formula is C32H31Br2N. The molecule has 5 rings (SSSR count). The van der Waals surface area contributed by atoms with Gasteiger partial charge in [0.25, 0.3) is 0 Å². The van der Waals surface area contributed by atoms with E-state index in [1.165, 1.54) is 80.9 Å². The minimum Gasteiger partial charge on any atom is -0.340 e. The number of fused-ring (bicyclic) bond motifs is 3. The highest BCUT2D eigenvalue weighted by Gasteiger charge is 2.14. The number of aromatic nitrogens is 1. The first kappa shape index (κ1) is 24.3. The van der Waals surface area contributed by atoms with Crippen LogP contribution in [-0.4, -0.2) is 4.57 Å². The normalized spacial score (nSPS) is 11.6. The molecule has 0 atom stereocenters. The molecule has 0 radical (unpaired) electrons. The second-order valence-corrected chi connectivity index (χ2v) is 11.4. The van der Waals surface area contributed by atoms with Crippen molar-refractivity contribution in [3.8, 4) is 22.3 Å². The summed E-state index contributed by atoms with van der Waals surface area (Å²) < 4.78 is 4.82. The topological polar surface area (TPSA) is 4.93 Å². The Kier molecular flexibility index (Phi) is 7.18. The third-order valence-electron chi connectivity index (χ3n) is 7.10. The molecule has 3 heteroatoms. The van der Waals surface area contributed by atoms with Crippen LogP contribution in [0.2, 0.25) is 0 Å². The van der Waals surface area contributed by atoms with E-state index in [1.54, 1.807) is 0 Å². The molecule has 0 amide bonds. The lowest BCUT2D eigenvalue weighted by Gasteiger charge is -2.11. The van der Waals surface area contributed by atoms with Crippen molar-refractivity contribution < 1.29 is 0 Å². The average molecular weight is 589 g/mol. The van der Waals surface area contributed by atoms with Gasteiger partial charge in [-0.1, -0.05) is 94.4 Å². The third-order valence-corrected chi connectivity index (χ3v) is 8.09. The molecule has 178 valence electrons. The lowest BCUT2D eigenvalue weighted by Crippen LogP contribution is -1.98. The van der Waals surface area contributed by atoms with Crippen molar-refractivity contribution in [2.24, 2.45) is 0 Å². The smallest absolute Gasteiger partial charge is 0.0497 e. The molecule has 0 fully saturated rings. The van der Waals surface area contributed by atoms with E-state index in [4.69, 9.17) is 0 Å². The Balaban J connectivity index is 1.69. The summed E-state index contributed by atoms with van der Waals surface area (Å²) in [6, 6.07) is 27.1. The van der Waals surface area contributed by atoms with Gasteiger partial charge in [-0.05, 0) is 90.0 Å². The van der Waals surface area contributed by atoms with Gasteiger partial charge in [0, 0.05) is 37.3 Å². The first-order chi connectivity index (χ1) is 17.0. The van der Waals surface area contributed by atoms with Gasteiger partial charge in [-0.3, -0.25) is 0 Å². The molecule has 0 unspecified atom stereocenters. The van der Waals surface area contributed by atoms with Gasteiger partial charge >= 0.3 is 0 Å². The van der Waals surface area contributed by atoms with Crippen LogP contribution in [0.15, 0.2) is 81.7 Å².